The number of fused-ring (bicyclic) bond motifs is 2. The SMILES string of the molecule is O=[N+]([O-])c1ccc2nn(Cc3ccccc3)c(OCCOc3c4cc([N+](=O)[O-])ccc4nn3Cc3ccccc3)c2c1. The molecule has 0 aliphatic carbocycles. The van der Waals surface area contributed by atoms with Gasteiger partial charge in [-0.05, 0) is 23.3 Å². The van der Waals surface area contributed by atoms with Crippen LogP contribution in [0.1, 0.15) is 11.1 Å². The Morgan fingerprint density at radius 3 is 1.38 bits per heavy atom. The number of non-ortho nitro benzene ring substituents is 2. The lowest BCUT2D eigenvalue weighted by Crippen LogP contribution is -2.14. The highest BCUT2D eigenvalue weighted by Gasteiger charge is 2.19. The number of nitrogens with zero attached hydrogens (tertiary/aromatic N) is 6. The van der Waals surface area contributed by atoms with Gasteiger partial charge in [-0.2, -0.15) is 10.2 Å². The van der Waals surface area contributed by atoms with Crippen LogP contribution in [0, 0.1) is 20.2 Å². The molecule has 0 saturated carbocycles. The summed E-state index contributed by atoms with van der Waals surface area (Å²) in [6.07, 6.45) is 0. The van der Waals surface area contributed by atoms with E-state index in [2.05, 4.69) is 10.2 Å². The van der Waals surface area contributed by atoms with Crippen LogP contribution in [0.3, 0.4) is 0 Å². The van der Waals surface area contributed by atoms with Crippen LogP contribution < -0.4 is 9.47 Å². The molecule has 0 N–H and O–H groups in total. The van der Waals surface area contributed by atoms with Crippen molar-refractivity contribution in [1.82, 2.24) is 19.6 Å². The number of ether oxygens (including phenoxy) is 2. The van der Waals surface area contributed by atoms with Gasteiger partial charge in [-0.3, -0.25) is 20.2 Å². The smallest absolute Gasteiger partial charge is 0.270 e. The van der Waals surface area contributed by atoms with E-state index in [1.807, 2.05) is 60.7 Å². The summed E-state index contributed by atoms with van der Waals surface area (Å²) in [6.45, 7) is 0.950. The molecule has 0 amide bonds. The first kappa shape index (κ1) is 26.4. The summed E-state index contributed by atoms with van der Waals surface area (Å²) >= 11 is 0. The van der Waals surface area contributed by atoms with Gasteiger partial charge in [0.2, 0.25) is 11.8 Å². The molecule has 6 rings (SSSR count). The second-order valence-electron chi connectivity index (χ2n) is 9.51. The molecule has 0 aliphatic heterocycles. The Balaban J connectivity index is 1.28. The van der Waals surface area contributed by atoms with Crippen LogP contribution in [-0.2, 0) is 13.1 Å². The maximum absolute atomic E-state index is 11.4. The van der Waals surface area contributed by atoms with E-state index in [0.717, 1.165) is 11.1 Å². The van der Waals surface area contributed by atoms with Crippen molar-refractivity contribution in [2.24, 2.45) is 0 Å². The fourth-order valence-corrected chi connectivity index (χ4v) is 4.73. The van der Waals surface area contributed by atoms with Crippen LogP contribution in [0.5, 0.6) is 11.8 Å². The zero-order valence-corrected chi connectivity index (χ0v) is 22.2. The second-order valence-corrected chi connectivity index (χ2v) is 9.51. The average molecular weight is 565 g/mol. The molecule has 42 heavy (non-hydrogen) atoms. The quantitative estimate of drug-likeness (QED) is 0.110. The zero-order valence-electron chi connectivity index (χ0n) is 22.2. The fraction of sp³-hybridized carbons (Fsp3) is 0.133. The van der Waals surface area contributed by atoms with Crippen molar-refractivity contribution in [3.8, 4) is 11.8 Å². The largest absolute Gasteiger partial charge is 0.474 e. The molecule has 210 valence electrons. The maximum atomic E-state index is 11.4. The van der Waals surface area contributed by atoms with E-state index in [4.69, 9.17) is 9.47 Å². The van der Waals surface area contributed by atoms with E-state index in [1.165, 1.54) is 24.3 Å². The van der Waals surface area contributed by atoms with Gasteiger partial charge in [0.15, 0.2) is 0 Å². The van der Waals surface area contributed by atoms with Crippen molar-refractivity contribution in [3.63, 3.8) is 0 Å². The Bertz CT molecular complexity index is 1760. The molecule has 2 heterocycles. The third-order valence-corrected chi connectivity index (χ3v) is 6.68. The van der Waals surface area contributed by atoms with E-state index in [-0.39, 0.29) is 24.6 Å². The first-order valence-electron chi connectivity index (χ1n) is 13.1. The Hall–Kier alpha value is -5.78. The molecule has 0 aliphatic rings. The van der Waals surface area contributed by atoms with Gasteiger partial charge in [0.1, 0.15) is 13.2 Å². The number of rotatable bonds is 11. The van der Waals surface area contributed by atoms with Gasteiger partial charge in [0, 0.05) is 24.3 Å². The zero-order chi connectivity index (χ0) is 29.1. The van der Waals surface area contributed by atoms with Gasteiger partial charge in [0.05, 0.1) is 44.7 Å². The summed E-state index contributed by atoms with van der Waals surface area (Å²) in [7, 11) is 0. The van der Waals surface area contributed by atoms with Gasteiger partial charge >= 0.3 is 0 Å². The van der Waals surface area contributed by atoms with Crippen LogP contribution in [0.2, 0.25) is 0 Å². The number of hydrogen-bond acceptors (Lipinski definition) is 8. The lowest BCUT2D eigenvalue weighted by atomic mass is 10.2. The van der Waals surface area contributed by atoms with Crippen LogP contribution in [0.4, 0.5) is 11.4 Å². The van der Waals surface area contributed by atoms with Crippen LogP contribution in [0.15, 0.2) is 97.1 Å². The van der Waals surface area contributed by atoms with Crippen molar-refractivity contribution in [1.29, 1.82) is 0 Å². The predicted molar refractivity (Wildman–Crippen MR) is 155 cm³/mol. The normalized spacial score (nSPS) is 11.1. The second kappa shape index (κ2) is 11.4. The van der Waals surface area contributed by atoms with Crippen molar-refractivity contribution < 1.29 is 19.3 Å². The average Bonchev–Trinajstić information content (AvgIpc) is 3.52. The lowest BCUT2D eigenvalue weighted by molar-refractivity contribution is -0.384. The summed E-state index contributed by atoms with van der Waals surface area (Å²) in [5.41, 5.74) is 2.96. The van der Waals surface area contributed by atoms with E-state index in [0.29, 0.717) is 46.7 Å². The third-order valence-electron chi connectivity index (χ3n) is 6.68. The highest BCUT2D eigenvalue weighted by molar-refractivity contribution is 5.87. The van der Waals surface area contributed by atoms with E-state index < -0.39 is 9.85 Å². The van der Waals surface area contributed by atoms with Gasteiger partial charge < -0.3 is 9.47 Å². The molecule has 0 fully saturated rings. The molecule has 12 heteroatoms. The summed E-state index contributed by atoms with van der Waals surface area (Å²) in [5.74, 6) is 0.749. The Morgan fingerprint density at radius 1 is 0.595 bits per heavy atom. The highest BCUT2D eigenvalue weighted by Crippen LogP contribution is 2.32. The van der Waals surface area contributed by atoms with E-state index >= 15 is 0 Å². The van der Waals surface area contributed by atoms with E-state index in [1.54, 1.807) is 21.5 Å². The van der Waals surface area contributed by atoms with Crippen molar-refractivity contribution in [2.75, 3.05) is 13.2 Å². The summed E-state index contributed by atoms with van der Waals surface area (Å²) in [6, 6.07) is 28.3. The van der Waals surface area contributed by atoms with Crippen LogP contribution in [0.25, 0.3) is 21.8 Å². The summed E-state index contributed by atoms with van der Waals surface area (Å²) < 4.78 is 15.6. The van der Waals surface area contributed by atoms with Crippen LogP contribution in [-0.4, -0.2) is 42.6 Å². The molecule has 2 aromatic heterocycles. The number of nitro groups is 2. The predicted octanol–water partition coefficient (Wildman–Crippen LogP) is 5.76. The number of aromatic nitrogens is 4. The molecule has 0 bridgehead atoms. The molecule has 6 aromatic rings. The fourth-order valence-electron chi connectivity index (χ4n) is 4.73. The third kappa shape index (κ3) is 5.45. The summed E-state index contributed by atoms with van der Waals surface area (Å²) in [5, 5.41) is 33.1. The van der Waals surface area contributed by atoms with Crippen molar-refractivity contribution in [3.05, 3.63) is 128 Å². The Labute approximate surface area is 238 Å². The minimum Gasteiger partial charge on any atom is -0.474 e. The molecule has 0 atom stereocenters. The molecule has 12 nitrogen and oxygen atoms in total. The first-order chi connectivity index (χ1) is 20.5. The standard InChI is InChI=1S/C30H24N6O6/c37-35(38)23-11-13-27-25(17-23)29(33(31-27)19-21-7-3-1-4-8-21)41-15-16-42-30-26-18-24(36(39)40)12-14-28(26)32-34(30)20-22-9-5-2-6-10-22/h1-14,17-18H,15-16,19-20H2. The maximum Gasteiger partial charge on any atom is 0.270 e. The molecule has 0 unspecified atom stereocenters. The Kier molecular flexibility index (Phi) is 7.16. The van der Waals surface area contributed by atoms with Crippen molar-refractivity contribution >= 4 is 33.2 Å². The van der Waals surface area contributed by atoms with Gasteiger partial charge in [-0.15, -0.1) is 0 Å². The van der Waals surface area contributed by atoms with E-state index in [9.17, 15) is 20.2 Å². The topological polar surface area (TPSA) is 140 Å². The minimum absolute atomic E-state index is 0.0688. The number of nitro benzene ring substituents is 2. The molecular weight excluding hydrogens is 540 g/mol. The molecule has 0 spiro atoms. The van der Waals surface area contributed by atoms with Gasteiger partial charge in [0.25, 0.3) is 11.4 Å². The first-order valence-corrected chi connectivity index (χ1v) is 13.1. The number of benzene rings is 4. The lowest BCUT2D eigenvalue weighted by Gasteiger charge is -2.12. The molecule has 0 saturated heterocycles. The Morgan fingerprint density at radius 2 is 1.00 bits per heavy atom. The van der Waals surface area contributed by atoms with Gasteiger partial charge in [-0.1, -0.05) is 60.7 Å². The molecule has 4 aromatic carbocycles. The molecular formula is C30H24N6O6. The van der Waals surface area contributed by atoms with Crippen molar-refractivity contribution in [2.45, 2.75) is 13.1 Å². The monoisotopic (exact) mass is 564 g/mol. The highest BCUT2D eigenvalue weighted by atomic mass is 16.6. The molecule has 0 radical (unpaired) electrons. The van der Waals surface area contributed by atoms with Crippen LogP contribution >= 0.6 is 0 Å². The number of hydrogen-bond donors (Lipinski definition) is 0. The van der Waals surface area contributed by atoms with Gasteiger partial charge in [-0.25, -0.2) is 9.36 Å². The summed E-state index contributed by atoms with van der Waals surface area (Å²) in [4.78, 5) is 22.0. The minimum atomic E-state index is -0.459.